The van der Waals surface area contributed by atoms with Gasteiger partial charge in [-0.1, -0.05) is 26.0 Å². The number of carbonyl (C=O) groups is 1. The van der Waals surface area contributed by atoms with E-state index in [1.165, 1.54) is 22.5 Å². The number of rotatable bonds is 8. The first-order chi connectivity index (χ1) is 12.8. The molecule has 146 valence electrons. The fourth-order valence-corrected chi connectivity index (χ4v) is 4.10. The smallest absolute Gasteiger partial charge is 0.243 e. The molecule has 0 heterocycles. The zero-order chi connectivity index (χ0) is 20.0. The van der Waals surface area contributed by atoms with Crippen molar-refractivity contribution in [3.63, 3.8) is 0 Å². The summed E-state index contributed by atoms with van der Waals surface area (Å²) >= 11 is 0. The van der Waals surface area contributed by atoms with Gasteiger partial charge >= 0.3 is 0 Å². The number of benzene rings is 2. The zero-order valence-corrected chi connectivity index (χ0v) is 16.4. The zero-order valence-electron chi connectivity index (χ0n) is 15.6. The third kappa shape index (κ3) is 5.27. The van der Waals surface area contributed by atoms with E-state index in [0.717, 1.165) is 5.56 Å². The van der Waals surface area contributed by atoms with Crippen molar-refractivity contribution < 1.29 is 17.6 Å². The van der Waals surface area contributed by atoms with Crippen LogP contribution in [0.15, 0.2) is 47.4 Å². The van der Waals surface area contributed by atoms with Gasteiger partial charge in [-0.2, -0.15) is 4.31 Å². The maximum atomic E-state index is 13.8. The Bertz CT molecular complexity index is 912. The van der Waals surface area contributed by atoms with Gasteiger partial charge in [0, 0.05) is 18.8 Å². The summed E-state index contributed by atoms with van der Waals surface area (Å²) in [6, 6.07) is 10.8. The van der Waals surface area contributed by atoms with Crippen molar-refractivity contribution in [2.24, 2.45) is 0 Å². The summed E-state index contributed by atoms with van der Waals surface area (Å²) in [5, 5.41) is 5.35. The molecule has 0 aliphatic carbocycles. The second-order valence-electron chi connectivity index (χ2n) is 6.00. The Hall–Kier alpha value is -2.45. The highest BCUT2D eigenvalue weighted by atomic mass is 32.2. The SMILES string of the molecule is CCN(CC)S(=O)(=O)c1cccc(NC(=O)CNc2ccc(C)cc2F)c1. The van der Waals surface area contributed by atoms with Gasteiger partial charge in [-0.05, 0) is 42.8 Å². The molecular weight excluding hydrogens is 369 g/mol. The fourth-order valence-electron chi connectivity index (χ4n) is 2.59. The van der Waals surface area contributed by atoms with Gasteiger partial charge in [0.1, 0.15) is 5.82 Å². The van der Waals surface area contributed by atoms with E-state index in [2.05, 4.69) is 10.6 Å². The van der Waals surface area contributed by atoms with Crippen molar-refractivity contribution in [2.75, 3.05) is 30.3 Å². The van der Waals surface area contributed by atoms with Gasteiger partial charge in [0.05, 0.1) is 17.1 Å². The predicted molar refractivity (Wildman–Crippen MR) is 105 cm³/mol. The van der Waals surface area contributed by atoms with E-state index in [9.17, 15) is 17.6 Å². The molecule has 0 bridgehead atoms. The van der Waals surface area contributed by atoms with Crippen molar-refractivity contribution >= 4 is 27.3 Å². The van der Waals surface area contributed by atoms with Gasteiger partial charge in [-0.3, -0.25) is 4.79 Å². The third-order valence-corrected chi connectivity index (χ3v) is 6.07. The molecule has 0 saturated heterocycles. The lowest BCUT2D eigenvalue weighted by molar-refractivity contribution is -0.114. The maximum absolute atomic E-state index is 13.8. The molecule has 0 aliphatic rings. The average Bonchev–Trinajstić information content (AvgIpc) is 2.62. The van der Waals surface area contributed by atoms with Gasteiger partial charge in [0.2, 0.25) is 15.9 Å². The van der Waals surface area contributed by atoms with Crippen molar-refractivity contribution in [3.8, 4) is 0 Å². The summed E-state index contributed by atoms with van der Waals surface area (Å²) < 4.78 is 40.3. The third-order valence-electron chi connectivity index (χ3n) is 4.02. The summed E-state index contributed by atoms with van der Waals surface area (Å²) in [6.07, 6.45) is 0. The van der Waals surface area contributed by atoms with Crippen LogP contribution in [0, 0.1) is 12.7 Å². The molecule has 2 aromatic rings. The number of nitrogens with zero attached hydrogens (tertiary/aromatic N) is 1. The summed E-state index contributed by atoms with van der Waals surface area (Å²) in [7, 11) is -3.61. The largest absolute Gasteiger partial charge is 0.374 e. The molecule has 1 amide bonds. The minimum atomic E-state index is -3.61. The number of halogens is 1. The molecule has 2 rings (SSSR count). The predicted octanol–water partition coefficient (Wildman–Crippen LogP) is 3.22. The first-order valence-electron chi connectivity index (χ1n) is 8.68. The summed E-state index contributed by atoms with van der Waals surface area (Å²) in [4.78, 5) is 12.2. The van der Waals surface area contributed by atoms with E-state index < -0.39 is 21.7 Å². The van der Waals surface area contributed by atoms with Crippen molar-refractivity contribution in [1.82, 2.24) is 4.31 Å². The van der Waals surface area contributed by atoms with Crippen LogP contribution in [0.3, 0.4) is 0 Å². The summed E-state index contributed by atoms with van der Waals surface area (Å²) in [6.45, 7) is 5.89. The molecule has 27 heavy (non-hydrogen) atoms. The van der Waals surface area contributed by atoms with Crippen LogP contribution in [0.25, 0.3) is 0 Å². The number of nitrogens with one attached hydrogen (secondary N) is 2. The van der Waals surface area contributed by atoms with Crippen molar-refractivity contribution in [3.05, 3.63) is 53.8 Å². The maximum Gasteiger partial charge on any atom is 0.243 e. The van der Waals surface area contributed by atoms with Crippen molar-refractivity contribution in [2.45, 2.75) is 25.7 Å². The lowest BCUT2D eigenvalue weighted by atomic mass is 10.2. The van der Waals surface area contributed by atoms with Crippen molar-refractivity contribution in [1.29, 1.82) is 0 Å². The molecule has 2 N–H and O–H groups in total. The highest BCUT2D eigenvalue weighted by Gasteiger charge is 2.21. The molecule has 8 heteroatoms. The van der Waals surface area contributed by atoms with Gasteiger partial charge in [-0.15, -0.1) is 0 Å². The Kier molecular flexibility index (Phi) is 6.92. The van der Waals surface area contributed by atoms with Gasteiger partial charge in [0.15, 0.2) is 0 Å². The van der Waals surface area contributed by atoms with Crippen LogP contribution in [0.1, 0.15) is 19.4 Å². The van der Waals surface area contributed by atoms with Crippen LogP contribution in [-0.2, 0) is 14.8 Å². The van der Waals surface area contributed by atoms with Gasteiger partial charge < -0.3 is 10.6 Å². The number of carbonyl (C=O) groups excluding carboxylic acids is 1. The number of amides is 1. The number of hydrogen-bond acceptors (Lipinski definition) is 4. The monoisotopic (exact) mass is 393 g/mol. The standard InChI is InChI=1S/C19H24FN3O3S/c1-4-23(5-2)27(25,26)16-8-6-7-15(12-16)22-19(24)13-21-18-10-9-14(3)11-17(18)20/h6-12,21H,4-5,13H2,1-3H3,(H,22,24). The quantitative estimate of drug-likeness (QED) is 0.722. The number of sulfonamides is 1. The Morgan fingerprint density at radius 2 is 1.81 bits per heavy atom. The van der Waals surface area contributed by atoms with E-state index >= 15 is 0 Å². The topological polar surface area (TPSA) is 78.5 Å². The molecule has 6 nitrogen and oxygen atoms in total. The Morgan fingerprint density at radius 3 is 2.44 bits per heavy atom. The van der Waals surface area contributed by atoms with Crippen LogP contribution >= 0.6 is 0 Å². The first kappa shape index (κ1) is 20.9. The fraction of sp³-hybridized carbons (Fsp3) is 0.316. The second-order valence-corrected chi connectivity index (χ2v) is 7.94. The molecule has 0 unspecified atom stereocenters. The van der Waals surface area contributed by atoms with E-state index in [-0.39, 0.29) is 17.1 Å². The highest BCUT2D eigenvalue weighted by molar-refractivity contribution is 7.89. The highest BCUT2D eigenvalue weighted by Crippen LogP contribution is 2.20. The Labute approximate surface area is 159 Å². The van der Waals surface area contributed by atoms with Gasteiger partial charge in [-0.25, -0.2) is 12.8 Å². The van der Waals surface area contributed by atoms with Crippen LogP contribution < -0.4 is 10.6 Å². The lowest BCUT2D eigenvalue weighted by Crippen LogP contribution is -2.30. The van der Waals surface area contributed by atoms with Gasteiger partial charge in [0.25, 0.3) is 0 Å². The minimum absolute atomic E-state index is 0.113. The van der Waals surface area contributed by atoms with Crippen LogP contribution in [0.5, 0.6) is 0 Å². The molecule has 0 aliphatic heterocycles. The molecule has 0 atom stereocenters. The second kappa shape index (κ2) is 8.96. The molecule has 0 saturated carbocycles. The van der Waals surface area contributed by atoms with Crippen LogP contribution in [0.2, 0.25) is 0 Å². The van der Waals surface area contributed by atoms with E-state index in [1.54, 1.807) is 45.0 Å². The summed E-state index contributed by atoms with van der Waals surface area (Å²) in [5.74, 6) is -0.845. The Balaban J connectivity index is 2.06. The number of anilines is 2. The first-order valence-corrected chi connectivity index (χ1v) is 10.1. The molecule has 0 aromatic heterocycles. The average molecular weight is 393 g/mol. The Morgan fingerprint density at radius 1 is 1.11 bits per heavy atom. The lowest BCUT2D eigenvalue weighted by Gasteiger charge is -2.19. The molecule has 2 aromatic carbocycles. The van der Waals surface area contributed by atoms with Crippen LogP contribution in [0.4, 0.5) is 15.8 Å². The molecule has 0 spiro atoms. The van der Waals surface area contributed by atoms with E-state index in [4.69, 9.17) is 0 Å². The minimum Gasteiger partial charge on any atom is -0.374 e. The normalized spacial score (nSPS) is 11.4. The summed E-state index contributed by atoms with van der Waals surface area (Å²) in [5.41, 5.74) is 1.38. The number of aryl methyl sites for hydroxylation is 1. The number of hydrogen-bond donors (Lipinski definition) is 2. The molecular formula is C19H24FN3O3S. The van der Waals surface area contributed by atoms with E-state index in [1.807, 2.05) is 0 Å². The molecule has 0 radical (unpaired) electrons. The molecule has 0 fully saturated rings. The van der Waals surface area contributed by atoms with E-state index in [0.29, 0.717) is 18.8 Å². The van der Waals surface area contributed by atoms with Crippen LogP contribution in [-0.4, -0.2) is 38.3 Å².